The summed E-state index contributed by atoms with van der Waals surface area (Å²) in [4.78, 5) is 15.5. The molecular weight excluding hydrogens is 378 g/mol. The Hall–Kier alpha value is -3.26. The van der Waals surface area contributed by atoms with Gasteiger partial charge < -0.3 is 24.5 Å². The molecule has 28 heavy (non-hydrogen) atoms. The molecule has 3 aromatic rings. The molecule has 1 heterocycles. The minimum absolute atomic E-state index is 0.157. The van der Waals surface area contributed by atoms with Crippen molar-refractivity contribution in [3.05, 3.63) is 59.1 Å². The molecule has 3 rings (SSSR count). The van der Waals surface area contributed by atoms with Crippen molar-refractivity contribution in [3.63, 3.8) is 0 Å². The largest absolute Gasteiger partial charge is 0.493 e. The standard InChI is InChI=1S/C20H21N3O4S/c1-25-16-9-13(10-17(26-2)19(16)27-3)11-18(24)22-14-5-4-6-15(12-14)23-8-7-21-20(23)28/h4-10,12H,11H2,1-3H3,(H,21,28)(H,22,24). The highest BCUT2D eigenvalue weighted by Crippen LogP contribution is 2.38. The molecule has 0 aliphatic rings. The summed E-state index contributed by atoms with van der Waals surface area (Å²) < 4.78 is 18.4. The second-order valence-corrected chi connectivity index (χ2v) is 6.33. The van der Waals surface area contributed by atoms with Crippen LogP contribution in [0.25, 0.3) is 5.69 Å². The summed E-state index contributed by atoms with van der Waals surface area (Å²) in [6, 6.07) is 11.0. The van der Waals surface area contributed by atoms with E-state index < -0.39 is 0 Å². The maximum absolute atomic E-state index is 12.5. The fraction of sp³-hybridized carbons (Fsp3) is 0.200. The van der Waals surface area contributed by atoms with E-state index in [2.05, 4.69) is 10.3 Å². The number of aromatic amines is 1. The number of aromatic nitrogens is 2. The van der Waals surface area contributed by atoms with E-state index in [0.717, 1.165) is 11.3 Å². The van der Waals surface area contributed by atoms with Gasteiger partial charge in [-0.2, -0.15) is 0 Å². The molecule has 146 valence electrons. The van der Waals surface area contributed by atoms with Gasteiger partial charge in [0.15, 0.2) is 16.3 Å². The SMILES string of the molecule is COc1cc(CC(=O)Nc2cccc(-n3cc[nH]c3=S)c2)cc(OC)c1OC. The Balaban J connectivity index is 1.78. The molecule has 0 saturated carbocycles. The van der Waals surface area contributed by atoms with Crippen LogP contribution in [0.15, 0.2) is 48.8 Å². The molecule has 8 heteroatoms. The second-order valence-electron chi connectivity index (χ2n) is 5.94. The van der Waals surface area contributed by atoms with Crippen molar-refractivity contribution in [2.45, 2.75) is 6.42 Å². The van der Waals surface area contributed by atoms with Gasteiger partial charge in [-0.25, -0.2) is 0 Å². The number of ether oxygens (including phenoxy) is 3. The lowest BCUT2D eigenvalue weighted by Gasteiger charge is -2.14. The molecule has 0 saturated heterocycles. The molecule has 0 spiro atoms. The molecule has 2 N–H and O–H groups in total. The third kappa shape index (κ3) is 4.17. The highest BCUT2D eigenvalue weighted by molar-refractivity contribution is 7.71. The molecule has 0 aliphatic carbocycles. The molecule has 0 atom stereocenters. The number of imidazole rings is 1. The molecule has 0 aliphatic heterocycles. The van der Waals surface area contributed by atoms with E-state index in [1.54, 1.807) is 32.5 Å². The molecule has 1 aromatic heterocycles. The Labute approximate surface area is 167 Å². The molecular formula is C20H21N3O4S. The average molecular weight is 399 g/mol. The highest BCUT2D eigenvalue weighted by Gasteiger charge is 2.15. The summed E-state index contributed by atoms with van der Waals surface area (Å²) in [5, 5.41) is 2.91. The molecule has 0 bridgehead atoms. The smallest absolute Gasteiger partial charge is 0.228 e. The van der Waals surface area contributed by atoms with Crippen LogP contribution in [0.3, 0.4) is 0 Å². The van der Waals surface area contributed by atoms with Gasteiger partial charge in [0, 0.05) is 23.8 Å². The molecule has 0 fully saturated rings. The van der Waals surface area contributed by atoms with Crippen molar-refractivity contribution in [1.82, 2.24) is 9.55 Å². The predicted molar refractivity (Wildman–Crippen MR) is 109 cm³/mol. The fourth-order valence-corrected chi connectivity index (χ4v) is 3.12. The molecule has 7 nitrogen and oxygen atoms in total. The number of carbonyl (C=O) groups is 1. The summed E-state index contributed by atoms with van der Waals surface area (Å²) in [7, 11) is 4.62. The zero-order valence-corrected chi connectivity index (χ0v) is 16.6. The number of amides is 1. The molecule has 0 unspecified atom stereocenters. The number of hydrogen-bond acceptors (Lipinski definition) is 5. The van der Waals surface area contributed by atoms with Gasteiger partial charge in [-0.3, -0.25) is 9.36 Å². The zero-order valence-electron chi connectivity index (χ0n) is 15.8. The third-order valence-corrected chi connectivity index (χ3v) is 4.46. The fourth-order valence-electron chi connectivity index (χ4n) is 2.89. The first-order chi connectivity index (χ1) is 13.5. The Kier molecular flexibility index (Phi) is 6.00. The first-order valence-corrected chi connectivity index (χ1v) is 8.91. The van der Waals surface area contributed by atoms with E-state index in [1.807, 2.05) is 35.0 Å². The second kappa shape index (κ2) is 8.62. The van der Waals surface area contributed by atoms with Crippen LogP contribution in [-0.4, -0.2) is 36.8 Å². The van der Waals surface area contributed by atoms with Crippen LogP contribution in [0.5, 0.6) is 17.2 Å². The van der Waals surface area contributed by atoms with Gasteiger partial charge >= 0.3 is 0 Å². The van der Waals surface area contributed by atoms with Gasteiger partial charge in [-0.05, 0) is 48.1 Å². The van der Waals surface area contributed by atoms with Crippen LogP contribution in [0.4, 0.5) is 5.69 Å². The topological polar surface area (TPSA) is 77.5 Å². The number of hydrogen-bond donors (Lipinski definition) is 2. The Morgan fingerprint density at radius 1 is 1.11 bits per heavy atom. The van der Waals surface area contributed by atoms with Crippen molar-refractivity contribution in [2.24, 2.45) is 0 Å². The molecule has 2 aromatic carbocycles. The summed E-state index contributed by atoms with van der Waals surface area (Å²) in [6.07, 6.45) is 3.75. The number of nitrogens with one attached hydrogen (secondary N) is 2. The minimum Gasteiger partial charge on any atom is -0.493 e. The van der Waals surface area contributed by atoms with Crippen molar-refractivity contribution in [1.29, 1.82) is 0 Å². The maximum atomic E-state index is 12.5. The van der Waals surface area contributed by atoms with Crippen molar-refractivity contribution in [3.8, 4) is 22.9 Å². The van der Waals surface area contributed by atoms with Crippen LogP contribution in [-0.2, 0) is 11.2 Å². The van der Waals surface area contributed by atoms with E-state index in [9.17, 15) is 4.79 Å². The van der Waals surface area contributed by atoms with E-state index in [-0.39, 0.29) is 12.3 Å². The van der Waals surface area contributed by atoms with Crippen LogP contribution in [0.2, 0.25) is 0 Å². The van der Waals surface area contributed by atoms with E-state index in [0.29, 0.717) is 27.7 Å². The van der Waals surface area contributed by atoms with Gasteiger partial charge in [-0.1, -0.05) is 6.07 Å². The number of benzene rings is 2. The van der Waals surface area contributed by atoms with E-state index in [4.69, 9.17) is 26.4 Å². The summed E-state index contributed by atoms with van der Waals surface area (Å²) in [5.41, 5.74) is 2.28. The van der Waals surface area contributed by atoms with E-state index in [1.165, 1.54) is 7.11 Å². The first kappa shape index (κ1) is 19.5. The quantitative estimate of drug-likeness (QED) is 0.592. The highest BCUT2D eigenvalue weighted by atomic mass is 32.1. The lowest BCUT2D eigenvalue weighted by atomic mass is 10.1. The lowest BCUT2D eigenvalue weighted by molar-refractivity contribution is -0.115. The number of nitrogens with zero attached hydrogens (tertiary/aromatic N) is 1. The minimum atomic E-state index is -0.163. The van der Waals surface area contributed by atoms with Gasteiger partial charge in [0.1, 0.15) is 0 Å². The first-order valence-electron chi connectivity index (χ1n) is 8.51. The predicted octanol–water partition coefficient (Wildman–Crippen LogP) is 3.74. The number of H-pyrrole nitrogens is 1. The van der Waals surface area contributed by atoms with Crippen LogP contribution >= 0.6 is 12.2 Å². The van der Waals surface area contributed by atoms with Gasteiger partial charge in [0.25, 0.3) is 0 Å². The summed E-state index contributed by atoms with van der Waals surface area (Å²) in [6.45, 7) is 0. The summed E-state index contributed by atoms with van der Waals surface area (Å²) in [5.74, 6) is 1.34. The van der Waals surface area contributed by atoms with Crippen molar-refractivity contribution >= 4 is 23.8 Å². The Morgan fingerprint density at radius 2 is 1.82 bits per heavy atom. The van der Waals surface area contributed by atoms with Gasteiger partial charge in [0.05, 0.1) is 27.8 Å². The van der Waals surface area contributed by atoms with Gasteiger partial charge in [-0.15, -0.1) is 0 Å². The summed E-state index contributed by atoms with van der Waals surface area (Å²) >= 11 is 5.24. The number of rotatable bonds is 7. The third-order valence-electron chi connectivity index (χ3n) is 4.15. The monoisotopic (exact) mass is 399 g/mol. The maximum Gasteiger partial charge on any atom is 0.228 e. The zero-order chi connectivity index (χ0) is 20.1. The Morgan fingerprint density at radius 3 is 2.39 bits per heavy atom. The van der Waals surface area contributed by atoms with Crippen LogP contribution in [0.1, 0.15) is 5.56 Å². The normalized spacial score (nSPS) is 10.4. The van der Waals surface area contributed by atoms with Crippen molar-refractivity contribution < 1.29 is 19.0 Å². The number of carbonyl (C=O) groups excluding carboxylic acids is 1. The Bertz CT molecular complexity index is 1020. The number of methoxy groups -OCH3 is 3. The molecule has 0 radical (unpaired) electrons. The number of anilines is 1. The van der Waals surface area contributed by atoms with Crippen LogP contribution in [0, 0.1) is 4.77 Å². The van der Waals surface area contributed by atoms with Gasteiger partial charge in [0.2, 0.25) is 11.7 Å². The van der Waals surface area contributed by atoms with Crippen molar-refractivity contribution in [2.75, 3.05) is 26.6 Å². The lowest BCUT2D eigenvalue weighted by Crippen LogP contribution is -2.14. The van der Waals surface area contributed by atoms with E-state index >= 15 is 0 Å². The molecule has 1 amide bonds. The average Bonchev–Trinajstić information content (AvgIpc) is 3.13. The van der Waals surface area contributed by atoms with Crippen LogP contribution < -0.4 is 19.5 Å².